The standard InChI is InChI=1S/C28H50/c1-4-6-8-10-11-12-13-14-16-21-27-23-18-24-28(25-27)22-17-20-26(3)19-15-9-7-5-2/h18,23-26H,4-17,19-22H2,1-3H3. The smallest absolute Gasteiger partial charge is 0.0279 e. The van der Waals surface area contributed by atoms with Crippen molar-refractivity contribution in [2.24, 2.45) is 5.92 Å². The van der Waals surface area contributed by atoms with E-state index >= 15 is 0 Å². The average molecular weight is 387 g/mol. The van der Waals surface area contributed by atoms with Gasteiger partial charge in [0.15, 0.2) is 0 Å². The van der Waals surface area contributed by atoms with E-state index in [0.717, 1.165) is 5.92 Å². The van der Waals surface area contributed by atoms with Crippen molar-refractivity contribution in [3.8, 4) is 0 Å². The summed E-state index contributed by atoms with van der Waals surface area (Å²) in [6.07, 6.45) is 25.1. The van der Waals surface area contributed by atoms with Gasteiger partial charge >= 0.3 is 0 Å². The molecule has 0 N–H and O–H groups in total. The Morgan fingerprint density at radius 1 is 0.571 bits per heavy atom. The first-order valence-electron chi connectivity index (χ1n) is 12.8. The third-order valence-electron chi connectivity index (χ3n) is 6.27. The lowest BCUT2D eigenvalue weighted by molar-refractivity contribution is 0.447. The minimum Gasteiger partial charge on any atom is -0.0654 e. The van der Waals surface area contributed by atoms with Crippen molar-refractivity contribution in [2.45, 2.75) is 136 Å². The van der Waals surface area contributed by atoms with Gasteiger partial charge in [-0.25, -0.2) is 0 Å². The van der Waals surface area contributed by atoms with Gasteiger partial charge in [-0.1, -0.05) is 135 Å². The number of benzene rings is 1. The summed E-state index contributed by atoms with van der Waals surface area (Å²) in [6.45, 7) is 7.05. The van der Waals surface area contributed by atoms with Gasteiger partial charge in [0.2, 0.25) is 0 Å². The third kappa shape index (κ3) is 14.3. The summed E-state index contributed by atoms with van der Waals surface area (Å²) in [7, 11) is 0. The first-order chi connectivity index (χ1) is 13.8. The van der Waals surface area contributed by atoms with Crippen LogP contribution in [0.3, 0.4) is 0 Å². The van der Waals surface area contributed by atoms with E-state index in [9.17, 15) is 0 Å². The summed E-state index contributed by atoms with van der Waals surface area (Å²) < 4.78 is 0. The molecule has 1 aromatic rings. The van der Waals surface area contributed by atoms with Gasteiger partial charge in [0.05, 0.1) is 0 Å². The van der Waals surface area contributed by atoms with Crippen molar-refractivity contribution in [1.29, 1.82) is 0 Å². The summed E-state index contributed by atoms with van der Waals surface area (Å²) in [5.74, 6) is 0.905. The summed E-state index contributed by atoms with van der Waals surface area (Å²) in [4.78, 5) is 0. The van der Waals surface area contributed by atoms with Gasteiger partial charge in [-0.3, -0.25) is 0 Å². The summed E-state index contributed by atoms with van der Waals surface area (Å²) >= 11 is 0. The summed E-state index contributed by atoms with van der Waals surface area (Å²) in [5.41, 5.74) is 3.12. The van der Waals surface area contributed by atoms with Gasteiger partial charge in [0.25, 0.3) is 0 Å². The Kier molecular flexibility index (Phi) is 16.5. The van der Waals surface area contributed by atoms with E-state index in [1.807, 2.05) is 0 Å². The van der Waals surface area contributed by atoms with E-state index in [2.05, 4.69) is 45.0 Å². The predicted molar refractivity (Wildman–Crippen MR) is 128 cm³/mol. The molecule has 0 heterocycles. The monoisotopic (exact) mass is 386 g/mol. The zero-order chi connectivity index (χ0) is 20.3. The average Bonchev–Trinajstić information content (AvgIpc) is 2.70. The molecule has 1 unspecified atom stereocenters. The number of unbranched alkanes of at least 4 members (excludes halogenated alkanes) is 11. The molecule has 0 bridgehead atoms. The number of hydrogen-bond acceptors (Lipinski definition) is 0. The van der Waals surface area contributed by atoms with E-state index in [1.165, 1.54) is 116 Å². The molecule has 0 radical (unpaired) electrons. The first-order valence-corrected chi connectivity index (χ1v) is 12.8. The van der Waals surface area contributed by atoms with E-state index in [-0.39, 0.29) is 0 Å². The summed E-state index contributed by atoms with van der Waals surface area (Å²) in [6, 6.07) is 9.44. The molecule has 0 amide bonds. The molecule has 1 atom stereocenters. The Morgan fingerprint density at radius 3 is 1.64 bits per heavy atom. The van der Waals surface area contributed by atoms with Crippen LogP contribution in [0, 0.1) is 5.92 Å². The molecule has 0 fully saturated rings. The second kappa shape index (κ2) is 18.3. The maximum Gasteiger partial charge on any atom is -0.0279 e. The van der Waals surface area contributed by atoms with Gasteiger partial charge in [-0.15, -0.1) is 0 Å². The van der Waals surface area contributed by atoms with E-state index < -0.39 is 0 Å². The van der Waals surface area contributed by atoms with Crippen molar-refractivity contribution in [1.82, 2.24) is 0 Å². The fraction of sp³-hybridized carbons (Fsp3) is 0.786. The Balaban J connectivity index is 2.08. The van der Waals surface area contributed by atoms with Crippen LogP contribution >= 0.6 is 0 Å². The predicted octanol–water partition coefficient (Wildman–Crippen LogP) is 9.69. The van der Waals surface area contributed by atoms with Gasteiger partial charge in [0, 0.05) is 0 Å². The maximum absolute atomic E-state index is 2.48. The van der Waals surface area contributed by atoms with Crippen LogP contribution in [0.4, 0.5) is 0 Å². The third-order valence-corrected chi connectivity index (χ3v) is 6.27. The maximum atomic E-state index is 2.48. The number of hydrogen-bond donors (Lipinski definition) is 0. The Bertz CT molecular complexity index is 447. The van der Waals surface area contributed by atoms with Crippen molar-refractivity contribution in [3.05, 3.63) is 35.4 Å². The van der Waals surface area contributed by atoms with E-state index in [1.54, 1.807) is 11.1 Å². The van der Waals surface area contributed by atoms with Crippen LogP contribution in [-0.2, 0) is 12.8 Å². The zero-order valence-corrected chi connectivity index (χ0v) is 19.6. The van der Waals surface area contributed by atoms with Crippen LogP contribution in [0.15, 0.2) is 24.3 Å². The van der Waals surface area contributed by atoms with E-state index in [4.69, 9.17) is 0 Å². The van der Waals surface area contributed by atoms with Crippen LogP contribution in [-0.4, -0.2) is 0 Å². The van der Waals surface area contributed by atoms with Crippen LogP contribution in [0.5, 0.6) is 0 Å². The lowest BCUT2D eigenvalue weighted by atomic mass is 9.95. The highest BCUT2D eigenvalue weighted by Crippen LogP contribution is 2.18. The largest absolute Gasteiger partial charge is 0.0654 e. The molecular formula is C28H50. The normalized spacial score (nSPS) is 12.4. The van der Waals surface area contributed by atoms with Crippen LogP contribution in [0.25, 0.3) is 0 Å². The highest BCUT2D eigenvalue weighted by Gasteiger charge is 2.03. The SMILES string of the molecule is CCCCCCCCCCCc1cccc(CCCC(C)CCCCCC)c1. The van der Waals surface area contributed by atoms with Crippen LogP contribution in [0.2, 0.25) is 0 Å². The molecule has 28 heavy (non-hydrogen) atoms. The molecule has 1 rings (SSSR count). The molecule has 0 saturated carbocycles. The van der Waals surface area contributed by atoms with Gasteiger partial charge in [-0.05, 0) is 42.7 Å². The fourth-order valence-corrected chi connectivity index (χ4v) is 4.30. The summed E-state index contributed by atoms with van der Waals surface area (Å²) in [5, 5.41) is 0. The van der Waals surface area contributed by atoms with Crippen LogP contribution in [0.1, 0.15) is 135 Å². The van der Waals surface area contributed by atoms with E-state index in [0.29, 0.717) is 0 Å². The molecule has 0 heteroatoms. The molecule has 0 aliphatic heterocycles. The minimum absolute atomic E-state index is 0.905. The lowest BCUT2D eigenvalue weighted by Crippen LogP contribution is -1.97. The zero-order valence-electron chi connectivity index (χ0n) is 19.6. The second-order valence-corrected chi connectivity index (χ2v) is 9.25. The Morgan fingerprint density at radius 2 is 1.04 bits per heavy atom. The number of aryl methyl sites for hydroxylation is 2. The Labute approximate surface area is 177 Å². The molecule has 0 saturated heterocycles. The van der Waals surface area contributed by atoms with Crippen LogP contribution < -0.4 is 0 Å². The number of rotatable bonds is 19. The van der Waals surface area contributed by atoms with Gasteiger partial charge in [-0.2, -0.15) is 0 Å². The van der Waals surface area contributed by atoms with Gasteiger partial charge < -0.3 is 0 Å². The van der Waals surface area contributed by atoms with Crippen molar-refractivity contribution in [3.63, 3.8) is 0 Å². The molecule has 0 aliphatic carbocycles. The molecule has 162 valence electrons. The first kappa shape index (κ1) is 25.3. The fourth-order valence-electron chi connectivity index (χ4n) is 4.30. The van der Waals surface area contributed by atoms with Crippen molar-refractivity contribution >= 4 is 0 Å². The lowest BCUT2D eigenvalue weighted by Gasteiger charge is -2.11. The minimum atomic E-state index is 0.905. The molecule has 0 aromatic heterocycles. The molecule has 0 spiro atoms. The molecule has 1 aromatic carbocycles. The van der Waals surface area contributed by atoms with Crippen molar-refractivity contribution < 1.29 is 0 Å². The van der Waals surface area contributed by atoms with Gasteiger partial charge in [0.1, 0.15) is 0 Å². The quantitative estimate of drug-likeness (QED) is 0.207. The topological polar surface area (TPSA) is 0 Å². The highest BCUT2D eigenvalue weighted by molar-refractivity contribution is 5.23. The second-order valence-electron chi connectivity index (χ2n) is 9.25. The Hall–Kier alpha value is -0.780. The van der Waals surface area contributed by atoms with Crippen molar-refractivity contribution in [2.75, 3.05) is 0 Å². The molecular weight excluding hydrogens is 336 g/mol. The highest BCUT2D eigenvalue weighted by atomic mass is 14.1. The molecule has 0 nitrogen and oxygen atoms in total. The molecule has 0 aliphatic rings.